The summed E-state index contributed by atoms with van der Waals surface area (Å²) in [4.78, 5) is 8.51. The number of ether oxygens (including phenoxy) is 3. The highest BCUT2D eigenvalue weighted by Crippen LogP contribution is 2.44. The predicted molar refractivity (Wildman–Crippen MR) is 96.1 cm³/mol. The molecule has 0 bridgehead atoms. The third kappa shape index (κ3) is 3.51. The number of nitrogens with one attached hydrogen (secondary N) is 1. The van der Waals surface area contributed by atoms with Crippen LogP contribution in [0.15, 0.2) is 36.7 Å². The quantitative estimate of drug-likeness (QED) is 0.738. The van der Waals surface area contributed by atoms with Crippen LogP contribution in [0.25, 0.3) is 10.9 Å². The van der Waals surface area contributed by atoms with Crippen molar-refractivity contribution in [1.82, 2.24) is 9.97 Å². The van der Waals surface area contributed by atoms with Crippen molar-refractivity contribution in [1.29, 1.82) is 0 Å². The van der Waals surface area contributed by atoms with Crippen LogP contribution in [0.5, 0.6) is 17.2 Å². The van der Waals surface area contributed by atoms with Crippen molar-refractivity contribution in [3.63, 3.8) is 0 Å². The van der Waals surface area contributed by atoms with Crippen LogP contribution in [0, 0.1) is 5.82 Å². The summed E-state index contributed by atoms with van der Waals surface area (Å²) in [6.07, 6.45) is 1.40. The fourth-order valence-corrected chi connectivity index (χ4v) is 2.47. The molecule has 1 aromatic heterocycles. The number of anilines is 2. The van der Waals surface area contributed by atoms with E-state index in [9.17, 15) is 4.39 Å². The van der Waals surface area contributed by atoms with Gasteiger partial charge in [0, 0.05) is 5.69 Å². The van der Waals surface area contributed by atoms with Crippen LogP contribution in [-0.2, 0) is 0 Å². The van der Waals surface area contributed by atoms with Gasteiger partial charge in [-0.25, -0.2) is 14.4 Å². The van der Waals surface area contributed by atoms with E-state index in [0.717, 1.165) is 0 Å². The lowest BCUT2D eigenvalue weighted by molar-refractivity contribution is 0.327. The van der Waals surface area contributed by atoms with Crippen LogP contribution in [-0.4, -0.2) is 31.3 Å². The smallest absolute Gasteiger partial charge is 0.205 e. The van der Waals surface area contributed by atoms with E-state index < -0.39 is 0 Å². The Morgan fingerprint density at radius 2 is 1.72 bits per heavy atom. The first-order valence-corrected chi connectivity index (χ1v) is 7.14. The molecular formula is C17H17ClFN3O3. The first-order valence-electron chi connectivity index (χ1n) is 7.14. The minimum atomic E-state index is -0.338. The summed E-state index contributed by atoms with van der Waals surface area (Å²) in [5.74, 6) is 1.54. The summed E-state index contributed by atoms with van der Waals surface area (Å²) < 4.78 is 29.5. The molecule has 0 unspecified atom stereocenters. The van der Waals surface area contributed by atoms with E-state index in [1.807, 2.05) is 0 Å². The van der Waals surface area contributed by atoms with Crippen molar-refractivity contribution in [3.05, 3.63) is 42.5 Å². The second kappa shape index (κ2) is 7.85. The Morgan fingerprint density at radius 1 is 0.960 bits per heavy atom. The van der Waals surface area contributed by atoms with E-state index in [1.54, 1.807) is 18.2 Å². The zero-order chi connectivity index (χ0) is 17.1. The monoisotopic (exact) mass is 365 g/mol. The SMILES string of the molecule is COc1cc2c(Nc3cccc(F)c3)ncnc2c(OC)c1OC.Cl. The number of aromatic nitrogens is 2. The van der Waals surface area contributed by atoms with E-state index in [2.05, 4.69) is 15.3 Å². The van der Waals surface area contributed by atoms with Gasteiger partial charge in [0.05, 0.1) is 26.7 Å². The van der Waals surface area contributed by atoms with E-state index in [-0.39, 0.29) is 18.2 Å². The van der Waals surface area contributed by atoms with Crippen LogP contribution < -0.4 is 19.5 Å². The maximum absolute atomic E-state index is 13.4. The molecule has 0 aliphatic carbocycles. The molecule has 3 rings (SSSR count). The Kier molecular flexibility index (Phi) is 5.82. The molecule has 0 amide bonds. The first kappa shape index (κ1) is 18.5. The Morgan fingerprint density at radius 3 is 2.36 bits per heavy atom. The van der Waals surface area contributed by atoms with Crippen molar-refractivity contribution in [2.75, 3.05) is 26.6 Å². The van der Waals surface area contributed by atoms with Crippen LogP contribution in [0.4, 0.5) is 15.9 Å². The molecule has 0 spiro atoms. The minimum absolute atomic E-state index is 0. The van der Waals surface area contributed by atoms with Gasteiger partial charge in [-0.05, 0) is 24.3 Å². The molecule has 25 heavy (non-hydrogen) atoms. The van der Waals surface area contributed by atoms with Crippen molar-refractivity contribution in [3.8, 4) is 17.2 Å². The number of rotatable bonds is 5. The van der Waals surface area contributed by atoms with Crippen LogP contribution in [0.3, 0.4) is 0 Å². The van der Waals surface area contributed by atoms with E-state index in [0.29, 0.717) is 39.7 Å². The van der Waals surface area contributed by atoms with Crippen molar-refractivity contribution < 1.29 is 18.6 Å². The molecule has 3 aromatic rings. The van der Waals surface area contributed by atoms with Gasteiger partial charge in [0.1, 0.15) is 23.5 Å². The Hall–Kier alpha value is -2.80. The molecule has 1 N–H and O–H groups in total. The number of methoxy groups -OCH3 is 3. The molecule has 0 saturated carbocycles. The molecule has 0 fully saturated rings. The van der Waals surface area contributed by atoms with Crippen molar-refractivity contribution >= 4 is 34.8 Å². The molecule has 0 saturated heterocycles. The Bertz CT molecular complexity index is 892. The zero-order valence-electron chi connectivity index (χ0n) is 13.9. The fourth-order valence-electron chi connectivity index (χ4n) is 2.47. The van der Waals surface area contributed by atoms with Crippen LogP contribution >= 0.6 is 12.4 Å². The molecule has 132 valence electrons. The molecule has 0 aliphatic rings. The summed E-state index contributed by atoms with van der Waals surface area (Å²) in [5, 5.41) is 3.75. The molecule has 0 radical (unpaired) electrons. The minimum Gasteiger partial charge on any atom is -0.493 e. The summed E-state index contributed by atoms with van der Waals surface area (Å²) >= 11 is 0. The average Bonchev–Trinajstić information content (AvgIpc) is 2.60. The maximum Gasteiger partial charge on any atom is 0.205 e. The molecule has 0 atom stereocenters. The Labute approximate surface area is 150 Å². The van der Waals surface area contributed by atoms with Crippen LogP contribution in [0.2, 0.25) is 0 Å². The number of fused-ring (bicyclic) bond motifs is 1. The predicted octanol–water partition coefficient (Wildman–Crippen LogP) is 3.96. The van der Waals surface area contributed by atoms with Crippen LogP contribution in [0.1, 0.15) is 0 Å². The van der Waals surface area contributed by atoms with Gasteiger partial charge < -0.3 is 19.5 Å². The zero-order valence-corrected chi connectivity index (χ0v) is 14.7. The van der Waals surface area contributed by atoms with Gasteiger partial charge >= 0.3 is 0 Å². The molecule has 0 aliphatic heterocycles. The van der Waals surface area contributed by atoms with E-state index >= 15 is 0 Å². The summed E-state index contributed by atoms with van der Waals surface area (Å²) in [7, 11) is 4.59. The van der Waals surface area contributed by atoms with Gasteiger partial charge in [0.25, 0.3) is 0 Å². The lowest BCUT2D eigenvalue weighted by atomic mass is 10.1. The fraction of sp³-hybridized carbons (Fsp3) is 0.176. The number of hydrogen-bond acceptors (Lipinski definition) is 6. The molecular weight excluding hydrogens is 349 g/mol. The van der Waals surface area contributed by atoms with Crippen molar-refractivity contribution in [2.24, 2.45) is 0 Å². The number of hydrogen-bond donors (Lipinski definition) is 1. The maximum atomic E-state index is 13.4. The molecule has 2 aromatic carbocycles. The third-order valence-electron chi connectivity index (χ3n) is 3.52. The summed E-state index contributed by atoms with van der Waals surface area (Å²) in [6.45, 7) is 0. The highest BCUT2D eigenvalue weighted by molar-refractivity contribution is 5.97. The Balaban J connectivity index is 0.00000225. The molecule has 1 heterocycles. The molecule has 8 heteroatoms. The largest absolute Gasteiger partial charge is 0.493 e. The van der Waals surface area contributed by atoms with Gasteiger partial charge in [0.15, 0.2) is 11.5 Å². The lowest BCUT2D eigenvalue weighted by Gasteiger charge is -2.15. The average molecular weight is 366 g/mol. The topological polar surface area (TPSA) is 65.5 Å². The highest BCUT2D eigenvalue weighted by Gasteiger charge is 2.19. The third-order valence-corrected chi connectivity index (χ3v) is 3.52. The number of benzene rings is 2. The van der Waals surface area contributed by atoms with Gasteiger partial charge in [0.2, 0.25) is 5.75 Å². The van der Waals surface area contributed by atoms with Gasteiger partial charge in [-0.1, -0.05) is 6.07 Å². The van der Waals surface area contributed by atoms with E-state index in [4.69, 9.17) is 14.2 Å². The summed E-state index contributed by atoms with van der Waals surface area (Å²) in [5.41, 5.74) is 1.13. The number of halogens is 2. The van der Waals surface area contributed by atoms with Gasteiger partial charge in [-0.2, -0.15) is 0 Å². The summed E-state index contributed by atoms with van der Waals surface area (Å²) in [6, 6.07) is 7.87. The number of nitrogens with zero attached hydrogens (tertiary/aromatic N) is 2. The standard InChI is InChI=1S/C17H16FN3O3.ClH/c1-22-13-8-12-14(16(24-3)15(13)23-2)19-9-20-17(12)21-11-6-4-5-10(18)7-11;/h4-9H,1-3H3,(H,19,20,21);1H. The second-order valence-electron chi connectivity index (χ2n) is 4.90. The normalized spacial score (nSPS) is 10.1. The van der Waals surface area contributed by atoms with E-state index in [1.165, 1.54) is 39.8 Å². The lowest BCUT2D eigenvalue weighted by Crippen LogP contribution is -2.01. The van der Waals surface area contributed by atoms with Crippen molar-refractivity contribution in [2.45, 2.75) is 0 Å². The second-order valence-corrected chi connectivity index (χ2v) is 4.90. The first-order chi connectivity index (χ1) is 11.7. The van der Waals surface area contributed by atoms with Gasteiger partial charge in [-0.3, -0.25) is 0 Å². The highest BCUT2D eigenvalue weighted by atomic mass is 35.5. The van der Waals surface area contributed by atoms with Gasteiger partial charge in [-0.15, -0.1) is 12.4 Å². The molecule has 6 nitrogen and oxygen atoms in total.